The number of anilines is 1. The van der Waals surface area contributed by atoms with Gasteiger partial charge in [-0.2, -0.15) is 0 Å². The van der Waals surface area contributed by atoms with Gasteiger partial charge in [-0.25, -0.2) is 0 Å². The van der Waals surface area contributed by atoms with Crippen molar-refractivity contribution in [3.63, 3.8) is 0 Å². The first-order valence-electron chi connectivity index (χ1n) is 11.6. The number of rotatable bonds is 16. The lowest BCUT2D eigenvalue weighted by molar-refractivity contribution is 0.00361. The largest absolute Gasteiger partial charge is 0.491 e. The maximum absolute atomic E-state index is 12.6. The standard InChI is InChI=1S/C26H32N2O7/c1-2-25(30)19-3-8-23-20(17-19)18-24(28-23)26(31)27-21-4-6-22(7-5-21)35-16-15-34-14-13-33-12-11-32-10-9-29/h3-8,17-18,28-29H,2,9-16H2,1H3,(H,27,31). The second-order valence-electron chi connectivity index (χ2n) is 7.65. The van der Waals surface area contributed by atoms with Crippen molar-refractivity contribution in [3.05, 3.63) is 59.8 Å². The van der Waals surface area contributed by atoms with Crippen molar-refractivity contribution >= 4 is 28.3 Å². The predicted molar refractivity (Wildman–Crippen MR) is 132 cm³/mol. The Morgan fingerprint density at radius 1 is 0.857 bits per heavy atom. The van der Waals surface area contributed by atoms with Gasteiger partial charge in [0, 0.05) is 28.6 Å². The molecule has 2 aromatic carbocycles. The lowest BCUT2D eigenvalue weighted by Crippen LogP contribution is -2.13. The zero-order valence-electron chi connectivity index (χ0n) is 19.9. The Balaban J connectivity index is 1.37. The average Bonchev–Trinajstić information content (AvgIpc) is 3.31. The molecule has 35 heavy (non-hydrogen) atoms. The van der Waals surface area contributed by atoms with Crippen molar-refractivity contribution < 1.29 is 33.6 Å². The Hall–Kier alpha value is -3.24. The fourth-order valence-corrected chi connectivity index (χ4v) is 3.29. The summed E-state index contributed by atoms with van der Waals surface area (Å²) in [4.78, 5) is 27.7. The Bertz CT molecular complexity index is 1080. The molecule has 0 saturated heterocycles. The summed E-state index contributed by atoms with van der Waals surface area (Å²) in [5.41, 5.74) is 2.49. The Labute approximate surface area is 204 Å². The van der Waals surface area contributed by atoms with Crippen LogP contribution >= 0.6 is 0 Å². The Morgan fingerprint density at radius 2 is 1.51 bits per heavy atom. The van der Waals surface area contributed by atoms with Gasteiger partial charge in [-0.15, -0.1) is 0 Å². The number of carbonyl (C=O) groups excluding carboxylic acids is 2. The highest BCUT2D eigenvalue weighted by Crippen LogP contribution is 2.20. The highest BCUT2D eigenvalue weighted by molar-refractivity contribution is 6.07. The summed E-state index contributed by atoms with van der Waals surface area (Å²) in [6, 6.07) is 14.2. The molecule has 0 radical (unpaired) electrons. The number of amides is 1. The summed E-state index contributed by atoms with van der Waals surface area (Å²) in [5.74, 6) is 0.468. The van der Waals surface area contributed by atoms with Gasteiger partial charge < -0.3 is 34.4 Å². The highest BCUT2D eigenvalue weighted by Gasteiger charge is 2.12. The summed E-state index contributed by atoms with van der Waals surface area (Å²) in [5, 5.41) is 12.3. The lowest BCUT2D eigenvalue weighted by Gasteiger charge is -2.09. The van der Waals surface area contributed by atoms with E-state index >= 15 is 0 Å². The van der Waals surface area contributed by atoms with Gasteiger partial charge in [0.05, 0.1) is 46.2 Å². The van der Waals surface area contributed by atoms with E-state index < -0.39 is 0 Å². The molecule has 3 rings (SSSR count). The summed E-state index contributed by atoms with van der Waals surface area (Å²) in [6.45, 7) is 4.80. The van der Waals surface area contributed by atoms with E-state index in [0.717, 1.165) is 10.9 Å². The molecular formula is C26H32N2O7. The van der Waals surface area contributed by atoms with Crippen LogP contribution in [-0.4, -0.2) is 74.6 Å². The number of aromatic nitrogens is 1. The maximum Gasteiger partial charge on any atom is 0.272 e. The molecule has 188 valence electrons. The molecule has 0 aliphatic rings. The minimum Gasteiger partial charge on any atom is -0.491 e. The Morgan fingerprint density at radius 3 is 2.17 bits per heavy atom. The van der Waals surface area contributed by atoms with Crippen molar-refractivity contribution in [1.82, 2.24) is 4.98 Å². The number of H-pyrrole nitrogens is 1. The van der Waals surface area contributed by atoms with Crippen LogP contribution in [0.25, 0.3) is 10.9 Å². The smallest absolute Gasteiger partial charge is 0.272 e. The predicted octanol–water partition coefficient (Wildman–Crippen LogP) is 3.43. The number of hydrogen-bond acceptors (Lipinski definition) is 7. The third kappa shape index (κ3) is 8.48. The van der Waals surface area contributed by atoms with Gasteiger partial charge in [-0.1, -0.05) is 6.92 Å². The van der Waals surface area contributed by atoms with Gasteiger partial charge in [-0.05, 0) is 48.5 Å². The van der Waals surface area contributed by atoms with E-state index in [-0.39, 0.29) is 18.3 Å². The van der Waals surface area contributed by atoms with Gasteiger partial charge in [0.1, 0.15) is 18.1 Å². The summed E-state index contributed by atoms with van der Waals surface area (Å²) in [7, 11) is 0. The molecular weight excluding hydrogens is 452 g/mol. The normalized spacial score (nSPS) is 11.0. The number of hydrogen-bond donors (Lipinski definition) is 3. The van der Waals surface area contributed by atoms with Crippen molar-refractivity contribution in [2.45, 2.75) is 13.3 Å². The second-order valence-corrected chi connectivity index (χ2v) is 7.65. The number of fused-ring (bicyclic) bond motifs is 1. The number of ketones is 1. The third-order valence-corrected chi connectivity index (χ3v) is 5.10. The van der Waals surface area contributed by atoms with Gasteiger partial charge in [0.2, 0.25) is 0 Å². The zero-order valence-corrected chi connectivity index (χ0v) is 19.9. The average molecular weight is 485 g/mol. The zero-order chi connectivity index (χ0) is 24.9. The first kappa shape index (κ1) is 26.4. The van der Waals surface area contributed by atoms with E-state index in [2.05, 4.69) is 10.3 Å². The van der Waals surface area contributed by atoms with Crippen molar-refractivity contribution in [1.29, 1.82) is 0 Å². The van der Waals surface area contributed by atoms with E-state index in [0.29, 0.717) is 75.4 Å². The van der Waals surface area contributed by atoms with Gasteiger partial charge in [0.25, 0.3) is 5.91 Å². The fourth-order valence-electron chi connectivity index (χ4n) is 3.29. The van der Waals surface area contributed by atoms with Gasteiger partial charge >= 0.3 is 0 Å². The summed E-state index contributed by atoms with van der Waals surface area (Å²) < 4.78 is 21.5. The van der Waals surface area contributed by atoms with Gasteiger partial charge in [0.15, 0.2) is 5.78 Å². The van der Waals surface area contributed by atoms with Crippen LogP contribution in [0.5, 0.6) is 5.75 Å². The van der Waals surface area contributed by atoms with Crippen LogP contribution in [0.4, 0.5) is 5.69 Å². The minimum absolute atomic E-state index is 0.0101. The monoisotopic (exact) mass is 484 g/mol. The molecule has 1 heterocycles. The van der Waals surface area contributed by atoms with E-state index in [1.807, 2.05) is 13.0 Å². The number of aromatic amines is 1. The molecule has 1 amide bonds. The molecule has 0 spiro atoms. The van der Waals surface area contributed by atoms with Crippen LogP contribution < -0.4 is 10.1 Å². The van der Waals surface area contributed by atoms with Crippen LogP contribution in [0.2, 0.25) is 0 Å². The van der Waals surface area contributed by atoms with E-state index in [1.54, 1.807) is 42.5 Å². The van der Waals surface area contributed by atoms with Crippen LogP contribution in [0.3, 0.4) is 0 Å². The topological polar surface area (TPSA) is 119 Å². The van der Waals surface area contributed by atoms with Crippen molar-refractivity contribution in [3.8, 4) is 5.75 Å². The molecule has 0 aliphatic carbocycles. The number of ether oxygens (including phenoxy) is 4. The molecule has 0 unspecified atom stereocenters. The lowest BCUT2D eigenvalue weighted by atomic mass is 10.1. The molecule has 0 aliphatic heterocycles. The second kappa shape index (κ2) is 14.2. The number of aliphatic hydroxyl groups excluding tert-OH is 1. The van der Waals surface area contributed by atoms with Crippen LogP contribution in [0, 0.1) is 0 Å². The molecule has 0 bridgehead atoms. The number of carbonyl (C=O) groups is 2. The first-order valence-corrected chi connectivity index (χ1v) is 11.6. The molecule has 0 atom stereocenters. The number of benzene rings is 2. The molecule has 9 heteroatoms. The minimum atomic E-state index is -0.270. The quantitative estimate of drug-likeness (QED) is 0.210. The van der Waals surface area contributed by atoms with Crippen molar-refractivity contribution in [2.75, 3.05) is 58.2 Å². The SMILES string of the molecule is CCC(=O)c1ccc2[nH]c(C(=O)Nc3ccc(OCCOCCOCCOCCO)cc3)cc2c1. The van der Waals surface area contributed by atoms with E-state index in [4.69, 9.17) is 24.1 Å². The van der Waals surface area contributed by atoms with E-state index in [1.165, 1.54) is 0 Å². The molecule has 0 saturated carbocycles. The molecule has 1 aromatic heterocycles. The molecule has 3 N–H and O–H groups in total. The van der Waals surface area contributed by atoms with Crippen LogP contribution in [-0.2, 0) is 14.2 Å². The number of aliphatic hydroxyl groups is 1. The molecule has 0 fully saturated rings. The first-order chi connectivity index (χ1) is 17.1. The summed E-state index contributed by atoms with van der Waals surface area (Å²) in [6.07, 6.45) is 0.439. The van der Waals surface area contributed by atoms with Gasteiger partial charge in [-0.3, -0.25) is 9.59 Å². The molecule has 3 aromatic rings. The molecule has 9 nitrogen and oxygen atoms in total. The number of Topliss-reactive ketones (excluding diaryl/α,β-unsaturated/α-hetero) is 1. The Kier molecular flexibility index (Phi) is 10.7. The highest BCUT2D eigenvalue weighted by atomic mass is 16.6. The summed E-state index contributed by atoms with van der Waals surface area (Å²) >= 11 is 0. The van der Waals surface area contributed by atoms with E-state index in [9.17, 15) is 9.59 Å². The van der Waals surface area contributed by atoms with Crippen LogP contribution in [0.15, 0.2) is 48.5 Å². The van der Waals surface area contributed by atoms with Crippen molar-refractivity contribution in [2.24, 2.45) is 0 Å². The van der Waals surface area contributed by atoms with Crippen LogP contribution in [0.1, 0.15) is 34.2 Å². The maximum atomic E-state index is 12.6. The fraction of sp³-hybridized carbons (Fsp3) is 0.385. The third-order valence-electron chi connectivity index (χ3n) is 5.10. The number of nitrogens with one attached hydrogen (secondary N) is 2.